The molecule has 29 heavy (non-hydrogen) atoms. The van der Waals surface area contributed by atoms with Crippen LogP contribution in [-0.4, -0.2) is 67.3 Å². The van der Waals surface area contributed by atoms with Gasteiger partial charge in [-0.1, -0.05) is 18.2 Å². The lowest BCUT2D eigenvalue weighted by Crippen LogP contribution is -2.48. The Hall–Kier alpha value is -1.97. The molecule has 1 unspecified atom stereocenters. The van der Waals surface area contributed by atoms with Gasteiger partial charge in [-0.25, -0.2) is 13.4 Å². The number of hydrogen-bond donors (Lipinski definition) is 0. The number of aromatic nitrogens is 1. The van der Waals surface area contributed by atoms with Crippen molar-refractivity contribution in [3.63, 3.8) is 0 Å². The number of aryl methyl sites for hydroxylation is 1. The summed E-state index contributed by atoms with van der Waals surface area (Å²) in [5.41, 5.74) is 1.01. The maximum atomic E-state index is 13.3. The maximum Gasteiger partial charge on any atom is 0.243 e. The molecule has 1 atom stereocenters. The van der Waals surface area contributed by atoms with E-state index in [1.54, 1.807) is 41.7 Å². The van der Waals surface area contributed by atoms with Gasteiger partial charge in [0, 0.05) is 38.1 Å². The topological polar surface area (TPSA) is 73.8 Å². The van der Waals surface area contributed by atoms with E-state index in [4.69, 9.17) is 0 Å². The molecule has 2 saturated heterocycles. The molecule has 2 fully saturated rings. The normalized spacial score (nSPS) is 21.3. The van der Waals surface area contributed by atoms with Crippen molar-refractivity contribution in [1.82, 2.24) is 14.2 Å². The number of anilines is 1. The van der Waals surface area contributed by atoms with Crippen LogP contribution >= 0.6 is 11.3 Å². The molecule has 7 nitrogen and oxygen atoms in total. The Labute approximate surface area is 176 Å². The van der Waals surface area contributed by atoms with Crippen LogP contribution in [0, 0.1) is 6.92 Å². The van der Waals surface area contributed by atoms with Crippen LogP contribution in [0.4, 0.5) is 5.13 Å². The van der Waals surface area contributed by atoms with Crippen LogP contribution in [0.25, 0.3) is 0 Å². The maximum absolute atomic E-state index is 13.3. The zero-order valence-corrected chi connectivity index (χ0v) is 18.2. The van der Waals surface area contributed by atoms with Crippen LogP contribution in [-0.2, 0) is 14.8 Å². The summed E-state index contributed by atoms with van der Waals surface area (Å²) >= 11 is 1.63. The van der Waals surface area contributed by atoms with E-state index >= 15 is 0 Å². The number of rotatable bonds is 4. The number of carbonyl (C=O) groups is 1. The summed E-state index contributed by atoms with van der Waals surface area (Å²) < 4.78 is 27.6. The van der Waals surface area contributed by atoms with Crippen LogP contribution in [0.1, 0.15) is 25.0 Å². The first-order chi connectivity index (χ1) is 14.0. The molecule has 1 amide bonds. The molecule has 2 aliphatic heterocycles. The Bertz CT molecular complexity index is 961. The molecule has 2 aliphatic rings. The van der Waals surface area contributed by atoms with E-state index in [-0.39, 0.29) is 10.8 Å². The van der Waals surface area contributed by atoms with Crippen molar-refractivity contribution < 1.29 is 13.2 Å². The van der Waals surface area contributed by atoms with Gasteiger partial charge in [-0.2, -0.15) is 4.31 Å². The minimum atomic E-state index is -3.66. The predicted octanol–water partition coefficient (Wildman–Crippen LogP) is 2.34. The van der Waals surface area contributed by atoms with Crippen molar-refractivity contribution in [3.8, 4) is 0 Å². The van der Waals surface area contributed by atoms with Gasteiger partial charge in [0.05, 0.1) is 10.6 Å². The SMILES string of the molecule is Cc1csc(N2CCCN(C(=O)C3CCCN3S(=O)(=O)c3ccccc3)CC2)n1. The molecule has 1 aromatic heterocycles. The highest BCUT2D eigenvalue weighted by Gasteiger charge is 2.41. The molecule has 0 bridgehead atoms. The number of sulfonamides is 1. The monoisotopic (exact) mass is 434 g/mol. The minimum Gasteiger partial charge on any atom is -0.346 e. The van der Waals surface area contributed by atoms with Crippen molar-refractivity contribution in [2.45, 2.75) is 37.1 Å². The minimum absolute atomic E-state index is 0.0702. The van der Waals surface area contributed by atoms with Crippen LogP contribution < -0.4 is 4.90 Å². The lowest BCUT2D eigenvalue weighted by Gasteiger charge is -2.29. The second-order valence-electron chi connectivity index (χ2n) is 7.52. The van der Waals surface area contributed by atoms with Gasteiger partial charge in [-0.3, -0.25) is 4.79 Å². The lowest BCUT2D eigenvalue weighted by atomic mass is 10.2. The van der Waals surface area contributed by atoms with E-state index < -0.39 is 16.1 Å². The summed E-state index contributed by atoms with van der Waals surface area (Å²) in [6.45, 7) is 5.19. The van der Waals surface area contributed by atoms with Crippen molar-refractivity contribution >= 4 is 32.4 Å². The quantitative estimate of drug-likeness (QED) is 0.739. The van der Waals surface area contributed by atoms with Crippen LogP contribution in [0.2, 0.25) is 0 Å². The molecule has 0 N–H and O–H groups in total. The zero-order valence-electron chi connectivity index (χ0n) is 16.5. The van der Waals surface area contributed by atoms with Gasteiger partial charge in [-0.15, -0.1) is 11.3 Å². The first-order valence-corrected chi connectivity index (χ1v) is 12.3. The number of thiazole rings is 1. The fourth-order valence-corrected chi connectivity index (χ4v) is 6.56. The van der Waals surface area contributed by atoms with Crippen LogP contribution in [0.15, 0.2) is 40.6 Å². The smallest absolute Gasteiger partial charge is 0.243 e. The third-order valence-corrected chi connectivity index (χ3v) is 8.47. The number of amides is 1. The van der Waals surface area contributed by atoms with Crippen molar-refractivity contribution in [1.29, 1.82) is 0 Å². The van der Waals surface area contributed by atoms with Crippen molar-refractivity contribution in [2.75, 3.05) is 37.6 Å². The molecule has 156 valence electrons. The average Bonchev–Trinajstić information content (AvgIpc) is 3.32. The predicted molar refractivity (Wildman–Crippen MR) is 114 cm³/mol. The molecule has 0 aliphatic carbocycles. The van der Waals surface area contributed by atoms with Gasteiger partial charge in [0.15, 0.2) is 5.13 Å². The molecule has 0 saturated carbocycles. The Morgan fingerprint density at radius 3 is 2.59 bits per heavy atom. The molecule has 2 aromatic rings. The van der Waals surface area contributed by atoms with E-state index in [0.717, 1.165) is 30.3 Å². The molecule has 0 radical (unpaired) electrons. The first kappa shape index (κ1) is 20.3. The number of carbonyl (C=O) groups excluding carboxylic acids is 1. The fourth-order valence-electron chi connectivity index (χ4n) is 4.03. The Balaban J connectivity index is 1.47. The van der Waals surface area contributed by atoms with Gasteiger partial charge < -0.3 is 9.80 Å². The van der Waals surface area contributed by atoms with Crippen molar-refractivity contribution in [3.05, 3.63) is 41.4 Å². The zero-order chi connectivity index (χ0) is 20.4. The Morgan fingerprint density at radius 1 is 1.07 bits per heavy atom. The van der Waals surface area contributed by atoms with E-state index in [2.05, 4.69) is 9.88 Å². The molecule has 0 spiro atoms. The highest BCUT2D eigenvalue weighted by atomic mass is 32.2. The lowest BCUT2D eigenvalue weighted by molar-refractivity contribution is -0.134. The molecular formula is C20H26N4O3S2. The van der Waals surface area contributed by atoms with E-state index in [1.807, 2.05) is 17.2 Å². The highest BCUT2D eigenvalue weighted by Crippen LogP contribution is 2.28. The summed E-state index contributed by atoms with van der Waals surface area (Å²) in [5.74, 6) is -0.0702. The number of benzene rings is 1. The average molecular weight is 435 g/mol. The second kappa shape index (κ2) is 8.41. The van der Waals surface area contributed by atoms with Crippen LogP contribution in [0.5, 0.6) is 0 Å². The van der Waals surface area contributed by atoms with Gasteiger partial charge >= 0.3 is 0 Å². The molecular weight excluding hydrogens is 408 g/mol. The second-order valence-corrected chi connectivity index (χ2v) is 10.3. The van der Waals surface area contributed by atoms with Crippen molar-refractivity contribution in [2.24, 2.45) is 0 Å². The number of nitrogens with zero attached hydrogens (tertiary/aromatic N) is 4. The Morgan fingerprint density at radius 2 is 1.86 bits per heavy atom. The molecule has 1 aromatic carbocycles. The van der Waals surface area contributed by atoms with Gasteiger partial charge in [0.1, 0.15) is 6.04 Å². The highest BCUT2D eigenvalue weighted by molar-refractivity contribution is 7.89. The summed E-state index contributed by atoms with van der Waals surface area (Å²) in [6, 6.07) is 7.80. The van der Waals surface area contributed by atoms with E-state index in [1.165, 1.54) is 4.31 Å². The largest absolute Gasteiger partial charge is 0.346 e. The van der Waals surface area contributed by atoms with Crippen LogP contribution in [0.3, 0.4) is 0 Å². The van der Waals surface area contributed by atoms with E-state index in [9.17, 15) is 13.2 Å². The fraction of sp³-hybridized carbons (Fsp3) is 0.500. The summed E-state index contributed by atoms with van der Waals surface area (Å²) in [6.07, 6.45) is 2.14. The van der Waals surface area contributed by atoms with Gasteiger partial charge in [0.2, 0.25) is 15.9 Å². The number of hydrogen-bond acceptors (Lipinski definition) is 6. The molecule has 9 heteroatoms. The third-order valence-electron chi connectivity index (χ3n) is 5.52. The summed E-state index contributed by atoms with van der Waals surface area (Å²) in [7, 11) is -3.66. The molecule has 3 heterocycles. The standard InChI is InChI=1S/C20H26N4O3S2/c1-16-15-28-20(21-16)23-11-6-10-22(13-14-23)19(25)18-9-5-12-24(18)29(26,27)17-7-3-2-4-8-17/h2-4,7-8,15,18H,5-6,9-14H2,1H3. The molecule has 4 rings (SSSR count). The first-order valence-electron chi connectivity index (χ1n) is 9.99. The summed E-state index contributed by atoms with van der Waals surface area (Å²) in [4.78, 5) is 22.1. The third kappa shape index (κ3) is 4.17. The summed E-state index contributed by atoms with van der Waals surface area (Å²) in [5, 5.41) is 3.03. The van der Waals surface area contributed by atoms with E-state index in [0.29, 0.717) is 32.5 Å². The van der Waals surface area contributed by atoms with Gasteiger partial charge in [0.25, 0.3) is 0 Å². The van der Waals surface area contributed by atoms with Gasteiger partial charge in [-0.05, 0) is 38.3 Å². The Kier molecular flexibility index (Phi) is 5.89.